The molecule has 4 nitrogen and oxygen atoms in total. The highest BCUT2D eigenvalue weighted by Crippen LogP contribution is 2.36. The molecule has 2 aromatic rings. The third-order valence-electron chi connectivity index (χ3n) is 2.42. The van der Waals surface area contributed by atoms with Crippen LogP contribution in [0, 0.1) is 0 Å². The van der Waals surface area contributed by atoms with Crippen LogP contribution in [0.4, 0.5) is 5.82 Å². The van der Waals surface area contributed by atoms with Crippen LogP contribution in [0.25, 0.3) is 11.3 Å². The summed E-state index contributed by atoms with van der Waals surface area (Å²) < 4.78 is 0. The SMILES string of the molecule is CCc1cc(Cl)c(O)c(-c2cc(N)n[nH]2)c1. The quantitative estimate of drug-likeness (QED) is 0.752. The van der Waals surface area contributed by atoms with Crippen LogP contribution in [-0.4, -0.2) is 15.3 Å². The minimum Gasteiger partial charge on any atom is -0.506 e. The van der Waals surface area contributed by atoms with E-state index >= 15 is 0 Å². The van der Waals surface area contributed by atoms with E-state index in [0.717, 1.165) is 12.0 Å². The number of nitrogen functional groups attached to an aromatic ring is 1. The lowest BCUT2D eigenvalue weighted by Gasteiger charge is -2.06. The molecule has 1 aromatic carbocycles. The number of halogens is 1. The van der Waals surface area contributed by atoms with Crippen molar-refractivity contribution in [1.29, 1.82) is 0 Å². The fraction of sp³-hybridized carbons (Fsp3) is 0.182. The smallest absolute Gasteiger partial charge is 0.145 e. The average Bonchev–Trinajstić information content (AvgIpc) is 2.68. The average molecular weight is 238 g/mol. The Bertz CT molecular complexity index is 522. The van der Waals surface area contributed by atoms with Gasteiger partial charge in [-0.2, -0.15) is 5.10 Å². The van der Waals surface area contributed by atoms with E-state index in [1.54, 1.807) is 12.1 Å². The van der Waals surface area contributed by atoms with Crippen molar-refractivity contribution in [2.24, 2.45) is 0 Å². The lowest BCUT2D eigenvalue weighted by atomic mass is 10.1. The number of phenols is 1. The Balaban J connectivity index is 2.59. The molecule has 0 radical (unpaired) electrons. The van der Waals surface area contributed by atoms with Crippen LogP contribution in [0.3, 0.4) is 0 Å². The largest absolute Gasteiger partial charge is 0.506 e. The summed E-state index contributed by atoms with van der Waals surface area (Å²) in [7, 11) is 0. The highest BCUT2D eigenvalue weighted by molar-refractivity contribution is 6.32. The van der Waals surface area contributed by atoms with Crippen molar-refractivity contribution in [1.82, 2.24) is 10.2 Å². The number of aromatic hydroxyl groups is 1. The van der Waals surface area contributed by atoms with Gasteiger partial charge in [0.25, 0.3) is 0 Å². The van der Waals surface area contributed by atoms with Crippen molar-refractivity contribution in [3.63, 3.8) is 0 Å². The van der Waals surface area contributed by atoms with E-state index in [4.69, 9.17) is 17.3 Å². The van der Waals surface area contributed by atoms with Crippen LogP contribution in [0.5, 0.6) is 5.75 Å². The zero-order valence-electron chi connectivity index (χ0n) is 8.79. The van der Waals surface area contributed by atoms with Gasteiger partial charge in [0.1, 0.15) is 11.6 Å². The Morgan fingerprint density at radius 1 is 1.44 bits per heavy atom. The van der Waals surface area contributed by atoms with Crippen molar-refractivity contribution in [2.75, 3.05) is 5.73 Å². The van der Waals surface area contributed by atoms with Crippen LogP contribution in [0.15, 0.2) is 18.2 Å². The number of rotatable bonds is 2. The van der Waals surface area contributed by atoms with Gasteiger partial charge in [-0.3, -0.25) is 5.10 Å². The van der Waals surface area contributed by atoms with Gasteiger partial charge in [0, 0.05) is 11.6 Å². The molecule has 0 aliphatic rings. The maximum atomic E-state index is 9.86. The highest BCUT2D eigenvalue weighted by atomic mass is 35.5. The highest BCUT2D eigenvalue weighted by Gasteiger charge is 2.11. The first-order valence-corrected chi connectivity index (χ1v) is 5.32. The molecular weight excluding hydrogens is 226 g/mol. The summed E-state index contributed by atoms with van der Waals surface area (Å²) in [4.78, 5) is 0. The van der Waals surface area contributed by atoms with E-state index in [-0.39, 0.29) is 5.75 Å². The number of nitrogens with one attached hydrogen (secondary N) is 1. The molecule has 0 spiro atoms. The van der Waals surface area contributed by atoms with Gasteiger partial charge in [-0.15, -0.1) is 0 Å². The van der Waals surface area contributed by atoms with Crippen LogP contribution in [-0.2, 0) is 6.42 Å². The number of aryl methyl sites for hydroxylation is 1. The lowest BCUT2D eigenvalue weighted by Crippen LogP contribution is -1.86. The molecule has 5 heteroatoms. The fourth-order valence-corrected chi connectivity index (χ4v) is 1.78. The topological polar surface area (TPSA) is 74.9 Å². The molecule has 16 heavy (non-hydrogen) atoms. The van der Waals surface area contributed by atoms with Crippen LogP contribution in [0.1, 0.15) is 12.5 Å². The number of nitrogens with zero attached hydrogens (tertiary/aromatic N) is 1. The molecule has 0 saturated carbocycles. The number of nitrogens with two attached hydrogens (primary N) is 1. The monoisotopic (exact) mass is 237 g/mol. The standard InChI is InChI=1S/C11H12ClN3O/c1-2-6-3-7(11(16)8(12)4-6)9-5-10(13)15-14-9/h3-5,16H,2H2,1H3,(H3,13,14,15). The van der Waals surface area contributed by atoms with Gasteiger partial charge in [0.05, 0.1) is 10.7 Å². The summed E-state index contributed by atoms with van der Waals surface area (Å²) in [6, 6.07) is 5.28. The van der Waals surface area contributed by atoms with Gasteiger partial charge in [0.15, 0.2) is 0 Å². The molecule has 0 saturated heterocycles. The predicted molar refractivity (Wildman–Crippen MR) is 64.5 cm³/mol. The number of anilines is 1. The van der Waals surface area contributed by atoms with Gasteiger partial charge >= 0.3 is 0 Å². The summed E-state index contributed by atoms with van der Waals surface area (Å²) in [6.07, 6.45) is 0.844. The van der Waals surface area contributed by atoms with E-state index in [0.29, 0.717) is 22.1 Å². The number of benzene rings is 1. The summed E-state index contributed by atoms with van der Waals surface area (Å²) in [6.45, 7) is 2.02. The Kier molecular flexibility index (Phi) is 2.75. The van der Waals surface area contributed by atoms with Crippen molar-refractivity contribution < 1.29 is 5.11 Å². The molecule has 0 aliphatic heterocycles. The molecule has 4 N–H and O–H groups in total. The lowest BCUT2D eigenvalue weighted by molar-refractivity contribution is 0.477. The molecule has 1 heterocycles. The van der Waals surface area contributed by atoms with E-state index in [2.05, 4.69) is 10.2 Å². The van der Waals surface area contributed by atoms with Gasteiger partial charge in [-0.1, -0.05) is 18.5 Å². The maximum Gasteiger partial charge on any atom is 0.145 e. The number of hydrogen-bond acceptors (Lipinski definition) is 3. The Labute approximate surface area is 98.1 Å². The van der Waals surface area contributed by atoms with E-state index in [1.807, 2.05) is 13.0 Å². The molecule has 0 fully saturated rings. The summed E-state index contributed by atoms with van der Waals surface area (Å²) in [5, 5.41) is 16.8. The fourth-order valence-electron chi connectivity index (χ4n) is 1.54. The number of aromatic amines is 1. The first-order chi connectivity index (χ1) is 7.61. The maximum absolute atomic E-state index is 9.86. The molecular formula is C11H12ClN3O. The van der Waals surface area contributed by atoms with Crippen molar-refractivity contribution in [3.8, 4) is 17.0 Å². The summed E-state index contributed by atoms with van der Waals surface area (Å²) in [5.41, 5.74) is 7.84. The first kappa shape index (κ1) is 10.8. The molecule has 1 aromatic heterocycles. The second-order valence-electron chi connectivity index (χ2n) is 3.53. The van der Waals surface area contributed by atoms with Crippen LogP contribution < -0.4 is 5.73 Å². The second kappa shape index (κ2) is 4.06. The van der Waals surface area contributed by atoms with Gasteiger partial charge in [-0.05, 0) is 24.1 Å². The molecule has 0 aliphatic carbocycles. The van der Waals surface area contributed by atoms with Crippen molar-refractivity contribution in [3.05, 3.63) is 28.8 Å². The molecule has 84 valence electrons. The normalized spacial score (nSPS) is 10.6. The molecule has 0 amide bonds. The minimum absolute atomic E-state index is 0.0440. The van der Waals surface area contributed by atoms with E-state index < -0.39 is 0 Å². The van der Waals surface area contributed by atoms with Crippen molar-refractivity contribution >= 4 is 17.4 Å². The Hall–Kier alpha value is -1.68. The van der Waals surface area contributed by atoms with Gasteiger partial charge in [-0.25, -0.2) is 0 Å². The number of aromatic nitrogens is 2. The Morgan fingerprint density at radius 3 is 2.75 bits per heavy atom. The number of H-pyrrole nitrogens is 1. The van der Waals surface area contributed by atoms with Crippen LogP contribution in [0.2, 0.25) is 5.02 Å². The number of hydrogen-bond donors (Lipinski definition) is 3. The van der Waals surface area contributed by atoms with Crippen molar-refractivity contribution in [2.45, 2.75) is 13.3 Å². The molecule has 0 atom stereocenters. The zero-order valence-corrected chi connectivity index (χ0v) is 9.54. The Morgan fingerprint density at radius 2 is 2.19 bits per heavy atom. The van der Waals surface area contributed by atoms with Gasteiger partial charge in [0.2, 0.25) is 0 Å². The minimum atomic E-state index is 0.0440. The summed E-state index contributed by atoms with van der Waals surface area (Å²) >= 11 is 5.94. The van der Waals surface area contributed by atoms with Gasteiger partial charge < -0.3 is 10.8 Å². The van der Waals surface area contributed by atoms with Crippen LogP contribution >= 0.6 is 11.6 Å². The molecule has 2 rings (SSSR count). The van der Waals surface area contributed by atoms with E-state index in [1.165, 1.54) is 0 Å². The molecule has 0 bridgehead atoms. The molecule has 0 unspecified atom stereocenters. The first-order valence-electron chi connectivity index (χ1n) is 4.94. The third kappa shape index (κ3) is 1.84. The van der Waals surface area contributed by atoms with E-state index in [9.17, 15) is 5.11 Å². The number of phenolic OH excluding ortho intramolecular Hbond substituents is 1. The summed E-state index contributed by atoms with van der Waals surface area (Å²) in [5.74, 6) is 0.426. The zero-order chi connectivity index (χ0) is 11.7. The second-order valence-corrected chi connectivity index (χ2v) is 3.94. The predicted octanol–water partition coefficient (Wildman–Crippen LogP) is 2.58. The third-order valence-corrected chi connectivity index (χ3v) is 2.71.